The fourth-order valence-corrected chi connectivity index (χ4v) is 0. The monoisotopic (exact) mass is 215 g/mol. The summed E-state index contributed by atoms with van der Waals surface area (Å²) in [7, 11) is 0. The van der Waals surface area contributed by atoms with Crippen LogP contribution in [-0.2, 0) is 19.5 Å². The topological polar surface area (TPSA) is 26.0 Å². The van der Waals surface area contributed by atoms with Gasteiger partial charge in [0.15, 0.2) is 0 Å². The van der Waals surface area contributed by atoms with Crippen LogP contribution in [0.4, 0.5) is 0 Å². The van der Waals surface area contributed by atoms with Gasteiger partial charge in [0.05, 0.1) is 0 Å². The summed E-state index contributed by atoms with van der Waals surface area (Å²) in [6.45, 7) is 10.0. The average molecular weight is 217 g/mol. The van der Waals surface area contributed by atoms with E-state index in [2.05, 4.69) is 38.7 Å². The molecular formula is C5H13NS2Zn. The largest absolute Gasteiger partial charge is 2.00 e. The van der Waals surface area contributed by atoms with Crippen molar-refractivity contribution in [3.8, 4) is 0 Å². The molecule has 0 aliphatic rings. The van der Waals surface area contributed by atoms with Gasteiger partial charge in [-0.15, -0.1) is 12.6 Å². The molecule has 0 unspecified atom stereocenters. The summed E-state index contributed by atoms with van der Waals surface area (Å²) >= 11 is 7.65. The Bertz CT molecular complexity index is 37.9. The van der Waals surface area contributed by atoms with E-state index in [1.165, 1.54) is 0 Å². The van der Waals surface area contributed by atoms with E-state index < -0.39 is 0 Å². The van der Waals surface area contributed by atoms with Crippen LogP contribution in [0.5, 0.6) is 0 Å². The van der Waals surface area contributed by atoms with Gasteiger partial charge < -0.3 is 19.6 Å². The Morgan fingerprint density at radius 2 is 1.33 bits per heavy atom. The van der Waals surface area contributed by atoms with E-state index in [0.29, 0.717) is 0 Å². The van der Waals surface area contributed by atoms with Crippen LogP contribution in [0.25, 0.3) is 0 Å². The van der Waals surface area contributed by atoms with Crippen molar-refractivity contribution in [1.82, 2.24) is 0 Å². The predicted molar refractivity (Wildman–Crippen MR) is 47.8 cm³/mol. The Kier molecular flexibility index (Phi) is 92.0. The summed E-state index contributed by atoms with van der Waals surface area (Å²) in [4.78, 5) is 0. The van der Waals surface area contributed by atoms with E-state index in [4.69, 9.17) is 5.73 Å². The van der Waals surface area contributed by atoms with Crippen molar-refractivity contribution in [2.45, 2.75) is 13.8 Å². The summed E-state index contributed by atoms with van der Waals surface area (Å²) in [5.74, 6) is 0. The van der Waals surface area contributed by atoms with E-state index in [-0.39, 0.29) is 23.8 Å². The first-order chi connectivity index (χ1) is 3.73. The summed E-state index contributed by atoms with van der Waals surface area (Å²) in [5.41, 5.74) is 4.71. The third-order valence-electron chi connectivity index (χ3n) is 0. The molecular weight excluding hydrogens is 204 g/mol. The van der Waals surface area contributed by atoms with Crippen LogP contribution < -0.4 is 5.73 Å². The fourth-order valence-electron chi connectivity index (χ4n) is 0. The zero-order chi connectivity index (χ0) is 7.58. The first-order valence-electron chi connectivity index (χ1n) is 2.13. The van der Waals surface area contributed by atoms with Gasteiger partial charge >= 0.3 is 19.5 Å². The second-order valence-corrected chi connectivity index (χ2v) is 1.56. The minimum absolute atomic E-state index is 0. The smallest absolute Gasteiger partial charge is 0.385 e. The molecule has 0 rings (SSSR count). The van der Waals surface area contributed by atoms with Crippen LogP contribution >= 0.6 is 24.8 Å². The van der Waals surface area contributed by atoms with Gasteiger partial charge in [-0.1, -0.05) is 12.2 Å². The summed E-state index contributed by atoms with van der Waals surface area (Å²) in [6.07, 6.45) is 0. The first kappa shape index (κ1) is 22.5. The zero-order valence-corrected chi connectivity index (χ0v) is 10.7. The Morgan fingerprint density at radius 1 is 1.33 bits per heavy atom. The molecule has 0 amide bonds. The molecule has 0 aromatic carbocycles. The van der Waals surface area contributed by atoms with Crippen LogP contribution in [0.15, 0.2) is 0 Å². The van der Waals surface area contributed by atoms with Gasteiger partial charge in [-0.25, -0.2) is 0 Å². The fraction of sp³-hybridized carbons (Fsp3) is 0.400. The average Bonchev–Trinajstić information content (AvgIpc) is 1.75. The molecule has 52 valence electrons. The number of thiol groups is 1. The van der Waals surface area contributed by atoms with Gasteiger partial charge in [-0.2, -0.15) is 13.8 Å². The van der Waals surface area contributed by atoms with Crippen molar-refractivity contribution in [3.05, 3.63) is 13.8 Å². The molecule has 0 saturated heterocycles. The van der Waals surface area contributed by atoms with Crippen LogP contribution in [-0.4, -0.2) is 4.32 Å². The minimum atomic E-state index is 0. The molecule has 0 fully saturated rings. The number of rotatable bonds is 0. The van der Waals surface area contributed by atoms with Crippen LogP contribution in [0.2, 0.25) is 0 Å². The molecule has 0 saturated carbocycles. The minimum Gasteiger partial charge on any atom is -0.385 e. The van der Waals surface area contributed by atoms with Crippen molar-refractivity contribution in [2.75, 3.05) is 0 Å². The maximum atomic E-state index is 4.71. The molecule has 9 heavy (non-hydrogen) atoms. The Morgan fingerprint density at radius 3 is 1.33 bits per heavy atom. The second-order valence-electron chi connectivity index (χ2n) is 0.338. The molecule has 0 bridgehead atoms. The van der Waals surface area contributed by atoms with Gasteiger partial charge in [-0.05, 0) is 0 Å². The van der Waals surface area contributed by atoms with E-state index in [0.717, 1.165) is 0 Å². The molecule has 0 radical (unpaired) electrons. The van der Waals surface area contributed by atoms with Crippen molar-refractivity contribution < 1.29 is 19.5 Å². The number of hydrogen-bond acceptors (Lipinski definition) is 1. The number of hydrogen-bond donors (Lipinski definition) is 2. The molecule has 0 heterocycles. The maximum absolute atomic E-state index is 4.71. The normalized spacial score (nSPS) is 4.11. The van der Waals surface area contributed by atoms with E-state index in [1.807, 2.05) is 0 Å². The first-order valence-corrected chi connectivity index (χ1v) is 2.99. The number of nitrogens with two attached hydrogens (primary N) is 1. The van der Waals surface area contributed by atoms with E-state index in [9.17, 15) is 0 Å². The van der Waals surface area contributed by atoms with Gasteiger partial charge in [0.25, 0.3) is 0 Å². The standard InChI is InChI=1S/2C2H5.CH3NS2.Zn/c2*1-2;2-1(3)4;/h2*1H2,2H3;(H3,2,3,4);/q2*-1;;+2. The molecule has 4 heteroatoms. The predicted octanol–water partition coefficient (Wildman–Crippen LogP) is 1.84. The Hall–Kier alpha value is 0.863. The van der Waals surface area contributed by atoms with Crippen molar-refractivity contribution >= 4 is 29.2 Å². The second kappa shape index (κ2) is 36.7. The van der Waals surface area contributed by atoms with Crippen LogP contribution in [0.1, 0.15) is 13.8 Å². The van der Waals surface area contributed by atoms with Crippen LogP contribution in [0.3, 0.4) is 0 Å². The maximum Gasteiger partial charge on any atom is 2.00 e. The molecule has 0 aromatic heterocycles. The summed E-state index contributed by atoms with van der Waals surface area (Å²) in [5, 5.41) is 0. The molecule has 0 spiro atoms. The zero-order valence-electron chi connectivity index (χ0n) is 6.05. The van der Waals surface area contributed by atoms with E-state index in [1.54, 1.807) is 13.8 Å². The Balaban J connectivity index is -0.0000000221. The summed E-state index contributed by atoms with van der Waals surface area (Å²) < 4.78 is 0.194. The van der Waals surface area contributed by atoms with Gasteiger partial charge in [-0.3, -0.25) is 0 Å². The van der Waals surface area contributed by atoms with Crippen molar-refractivity contribution in [1.29, 1.82) is 0 Å². The molecule has 1 nitrogen and oxygen atoms in total. The van der Waals surface area contributed by atoms with Crippen LogP contribution in [0, 0.1) is 13.8 Å². The van der Waals surface area contributed by atoms with Gasteiger partial charge in [0, 0.05) is 0 Å². The third-order valence-corrected chi connectivity index (χ3v) is 0. The third kappa shape index (κ3) is 560. The molecule has 2 N–H and O–H groups in total. The molecule has 0 aliphatic heterocycles. The van der Waals surface area contributed by atoms with Crippen molar-refractivity contribution in [2.24, 2.45) is 5.73 Å². The molecule has 0 atom stereocenters. The number of thiocarbonyl (C=S) groups is 1. The summed E-state index contributed by atoms with van der Waals surface area (Å²) in [6, 6.07) is 0. The molecule has 0 aliphatic carbocycles. The van der Waals surface area contributed by atoms with E-state index >= 15 is 0 Å². The van der Waals surface area contributed by atoms with Crippen molar-refractivity contribution in [3.63, 3.8) is 0 Å². The molecule has 0 aromatic rings. The van der Waals surface area contributed by atoms with Gasteiger partial charge in [0.1, 0.15) is 4.32 Å². The Labute approximate surface area is 81.9 Å². The SMILES string of the molecule is NC(=S)S.[CH2-]C.[CH2-]C.[Zn+2]. The quantitative estimate of drug-likeness (QED) is 0.280. The van der Waals surface area contributed by atoms with Gasteiger partial charge in [0.2, 0.25) is 0 Å².